The first-order chi connectivity index (χ1) is 9.06. The third kappa shape index (κ3) is 2.72. The number of benzene rings is 1. The summed E-state index contributed by atoms with van der Waals surface area (Å²) in [5.41, 5.74) is 1.23. The van der Waals surface area contributed by atoms with E-state index in [1.165, 1.54) is 6.07 Å². The Morgan fingerprint density at radius 3 is 2.32 bits per heavy atom. The molecule has 1 aliphatic heterocycles. The molecule has 1 fully saturated rings. The summed E-state index contributed by atoms with van der Waals surface area (Å²) in [6.07, 6.45) is -0.207. The highest BCUT2D eigenvalue weighted by atomic mass is 16.5. The number of hydrogen-bond donors (Lipinski definition) is 1. The monoisotopic (exact) mass is 265 g/mol. The summed E-state index contributed by atoms with van der Waals surface area (Å²) < 4.78 is 10.6. The van der Waals surface area contributed by atoms with E-state index in [2.05, 4.69) is 0 Å². The largest absolute Gasteiger partial charge is 0.508 e. The molecular formula is C14H19NO4. The molecule has 0 spiro atoms. The quantitative estimate of drug-likeness (QED) is 0.891. The van der Waals surface area contributed by atoms with Crippen molar-refractivity contribution in [2.75, 3.05) is 27.3 Å². The number of ether oxygens (including phenoxy) is 2. The number of methoxy groups -OCH3 is 2. The van der Waals surface area contributed by atoms with Gasteiger partial charge in [-0.05, 0) is 24.6 Å². The maximum Gasteiger partial charge on any atom is 0.254 e. The van der Waals surface area contributed by atoms with Gasteiger partial charge in [-0.2, -0.15) is 0 Å². The van der Waals surface area contributed by atoms with Gasteiger partial charge in [0, 0.05) is 32.9 Å². The highest BCUT2D eigenvalue weighted by Crippen LogP contribution is 2.22. The van der Waals surface area contributed by atoms with Crippen LogP contribution in [0.4, 0.5) is 0 Å². The second-order valence-corrected chi connectivity index (χ2v) is 4.76. The van der Waals surface area contributed by atoms with Crippen molar-refractivity contribution in [3.05, 3.63) is 29.3 Å². The summed E-state index contributed by atoms with van der Waals surface area (Å²) in [6, 6.07) is 4.96. The first-order valence-corrected chi connectivity index (χ1v) is 6.21. The summed E-state index contributed by atoms with van der Waals surface area (Å²) >= 11 is 0. The fraction of sp³-hybridized carbons (Fsp3) is 0.500. The number of rotatable bonds is 3. The van der Waals surface area contributed by atoms with Gasteiger partial charge in [-0.1, -0.05) is 6.07 Å². The second-order valence-electron chi connectivity index (χ2n) is 4.76. The molecule has 0 aliphatic carbocycles. The van der Waals surface area contributed by atoms with Crippen LogP contribution in [0, 0.1) is 6.92 Å². The number of carbonyl (C=O) groups is 1. The molecular weight excluding hydrogens is 246 g/mol. The van der Waals surface area contributed by atoms with E-state index in [4.69, 9.17) is 9.47 Å². The molecule has 5 nitrogen and oxygen atoms in total. The van der Waals surface area contributed by atoms with Crippen LogP contribution in [0.15, 0.2) is 18.2 Å². The lowest BCUT2D eigenvalue weighted by molar-refractivity contribution is -0.00461. The van der Waals surface area contributed by atoms with Gasteiger partial charge in [-0.3, -0.25) is 4.79 Å². The van der Waals surface area contributed by atoms with Crippen LogP contribution in [0.2, 0.25) is 0 Å². The van der Waals surface area contributed by atoms with Crippen molar-refractivity contribution >= 4 is 5.91 Å². The van der Waals surface area contributed by atoms with E-state index < -0.39 is 0 Å². The number of amides is 1. The lowest BCUT2D eigenvalue weighted by Crippen LogP contribution is -2.30. The molecule has 19 heavy (non-hydrogen) atoms. The Bertz CT molecular complexity index is 463. The number of hydrogen-bond acceptors (Lipinski definition) is 4. The number of aryl methyl sites for hydroxylation is 1. The van der Waals surface area contributed by atoms with E-state index in [9.17, 15) is 9.90 Å². The van der Waals surface area contributed by atoms with Crippen LogP contribution in [0.25, 0.3) is 0 Å². The van der Waals surface area contributed by atoms with E-state index in [0.29, 0.717) is 18.7 Å². The molecule has 5 heteroatoms. The van der Waals surface area contributed by atoms with Crippen molar-refractivity contribution in [2.45, 2.75) is 19.1 Å². The molecule has 1 N–H and O–H groups in total. The zero-order chi connectivity index (χ0) is 14.0. The average Bonchev–Trinajstić information content (AvgIpc) is 2.84. The van der Waals surface area contributed by atoms with Crippen LogP contribution in [0.1, 0.15) is 15.9 Å². The fourth-order valence-electron chi connectivity index (χ4n) is 2.29. The maximum absolute atomic E-state index is 12.3. The minimum Gasteiger partial charge on any atom is -0.508 e. The first-order valence-electron chi connectivity index (χ1n) is 6.21. The molecule has 1 aliphatic rings. The van der Waals surface area contributed by atoms with E-state index >= 15 is 0 Å². The van der Waals surface area contributed by atoms with Crippen molar-refractivity contribution in [1.29, 1.82) is 0 Å². The smallest absolute Gasteiger partial charge is 0.254 e. The molecule has 0 bridgehead atoms. The number of phenolic OH excluding ortho intramolecular Hbond substituents is 1. The Morgan fingerprint density at radius 1 is 1.26 bits per heavy atom. The van der Waals surface area contributed by atoms with E-state index in [1.54, 1.807) is 38.2 Å². The van der Waals surface area contributed by atoms with Gasteiger partial charge in [0.1, 0.15) is 18.0 Å². The topological polar surface area (TPSA) is 59.0 Å². The standard InChI is InChI=1S/C14H19NO4/c1-9-4-5-10(6-11(9)16)14(17)15-7-12(18-2)13(8-15)19-3/h4-6,12-13,16H,7-8H2,1-3H3. The first kappa shape index (κ1) is 13.8. The predicted octanol–water partition coefficient (Wildman–Crippen LogP) is 1.19. The molecule has 1 aromatic carbocycles. The van der Waals surface area contributed by atoms with Crippen molar-refractivity contribution < 1.29 is 19.4 Å². The second kappa shape index (κ2) is 5.59. The SMILES string of the molecule is COC1CN(C(=O)c2ccc(C)c(O)c2)CC1OC. The van der Waals surface area contributed by atoms with Gasteiger partial charge in [0.15, 0.2) is 0 Å². The molecule has 2 rings (SSSR count). The number of carbonyl (C=O) groups excluding carboxylic acids is 1. The molecule has 1 amide bonds. The van der Waals surface area contributed by atoms with Crippen LogP contribution >= 0.6 is 0 Å². The molecule has 0 saturated carbocycles. The lowest BCUT2D eigenvalue weighted by atomic mass is 10.1. The summed E-state index contributed by atoms with van der Waals surface area (Å²) in [7, 11) is 3.23. The van der Waals surface area contributed by atoms with Crippen LogP contribution in [-0.4, -0.2) is 55.4 Å². The highest BCUT2D eigenvalue weighted by Gasteiger charge is 2.35. The van der Waals surface area contributed by atoms with Crippen LogP contribution in [0.3, 0.4) is 0 Å². The number of aromatic hydroxyl groups is 1. The molecule has 2 unspecified atom stereocenters. The van der Waals surface area contributed by atoms with Crippen LogP contribution < -0.4 is 0 Å². The van der Waals surface area contributed by atoms with Crippen molar-refractivity contribution in [3.63, 3.8) is 0 Å². The average molecular weight is 265 g/mol. The summed E-state index contributed by atoms with van der Waals surface area (Å²) in [6.45, 7) is 2.80. The van der Waals surface area contributed by atoms with E-state index in [0.717, 1.165) is 5.56 Å². The third-order valence-electron chi connectivity index (χ3n) is 3.56. The predicted molar refractivity (Wildman–Crippen MR) is 70.3 cm³/mol. The molecule has 1 saturated heterocycles. The minimum absolute atomic E-state index is 0.104. The van der Waals surface area contributed by atoms with Gasteiger partial charge in [0.05, 0.1) is 0 Å². The van der Waals surface area contributed by atoms with Crippen molar-refractivity contribution in [2.24, 2.45) is 0 Å². The van der Waals surface area contributed by atoms with Crippen LogP contribution in [0.5, 0.6) is 5.75 Å². The van der Waals surface area contributed by atoms with Gasteiger partial charge >= 0.3 is 0 Å². The molecule has 1 aromatic rings. The van der Waals surface area contributed by atoms with Gasteiger partial charge in [-0.25, -0.2) is 0 Å². The normalized spacial score (nSPS) is 22.8. The Kier molecular flexibility index (Phi) is 4.07. The van der Waals surface area contributed by atoms with E-state index in [1.807, 2.05) is 0 Å². The zero-order valence-corrected chi connectivity index (χ0v) is 11.4. The third-order valence-corrected chi connectivity index (χ3v) is 3.56. The minimum atomic E-state index is -0.114. The number of phenols is 1. The van der Waals surface area contributed by atoms with Gasteiger partial charge in [-0.15, -0.1) is 0 Å². The van der Waals surface area contributed by atoms with Crippen LogP contribution in [-0.2, 0) is 9.47 Å². The lowest BCUT2D eigenvalue weighted by Gasteiger charge is -2.16. The molecule has 0 radical (unpaired) electrons. The summed E-state index contributed by atoms with van der Waals surface area (Å²) in [5.74, 6) is 0.0218. The van der Waals surface area contributed by atoms with Gasteiger partial charge < -0.3 is 19.5 Å². The molecule has 0 aromatic heterocycles. The molecule has 2 atom stereocenters. The Labute approximate surface area is 112 Å². The Balaban J connectivity index is 2.14. The summed E-state index contributed by atoms with van der Waals surface area (Å²) in [5, 5.41) is 9.67. The maximum atomic E-state index is 12.3. The highest BCUT2D eigenvalue weighted by molar-refractivity contribution is 5.95. The van der Waals surface area contributed by atoms with Crippen molar-refractivity contribution in [3.8, 4) is 5.75 Å². The van der Waals surface area contributed by atoms with E-state index in [-0.39, 0.29) is 23.9 Å². The number of nitrogens with zero attached hydrogens (tertiary/aromatic N) is 1. The fourth-order valence-corrected chi connectivity index (χ4v) is 2.29. The Hall–Kier alpha value is -1.59. The molecule has 1 heterocycles. The zero-order valence-electron chi connectivity index (χ0n) is 11.4. The molecule has 104 valence electrons. The summed E-state index contributed by atoms with van der Waals surface area (Å²) in [4.78, 5) is 14.0. The Morgan fingerprint density at radius 2 is 1.84 bits per heavy atom. The number of likely N-dealkylation sites (tertiary alicyclic amines) is 1. The van der Waals surface area contributed by atoms with Crippen molar-refractivity contribution in [1.82, 2.24) is 4.90 Å². The van der Waals surface area contributed by atoms with Gasteiger partial charge in [0.2, 0.25) is 0 Å². The van der Waals surface area contributed by atoms with Gasteiger partial charge in [0.25, 0.3) is 5.91 Å².